The first-order valence-corrected chi connectivity index (χ1v) is 9.58. The molecular weight excluding hydrogens is 290 g/mol. The lowest BCUT2D eigenvalue weighted by Gasteiger charge is -2.45. The Morgan fingerprint density at radius 3 is 1.71 bits per heavy atom. The molecule has 2 aromatic rings. The molecule has 1 heteroatoms. The normalized spacial score (nSPS) is 28.2. The summed E-state index contributed by atoms with van der Waals surface area (Å²) >= 11 is 0. The molecule has 2 fully saturated rings. The molecule has 2 saturated heterocycles. The molecule has 0 saturated carbocycles. The van der Waals surface area contributed by atoms with Crippen LogP contribution in [0.25, 0.3) is 0 Å². The van der Waals surface area contributed by atoms with Gasteiger partial charge in [-0.2, -0.15) is 0 Å². The fraction of sp³-hybridized carbons (Fsp3) is 0.478. The van der Waals surface area contributed by atoms with Crippen molar-refractivity contribution in [3.8, 4) is 0 Å². The lowest BCUT2D eigenvalue weighted by Crippen LogP contribution is -2.54. The minimum Gasteiger partial charge on any atom is -0.324 e. The maximum absolute atomic E-state index is 2.46. The number of benzene rings is 2. The van der Waals surface area contributed by atoms with Crippen LogP contribution in [0.2, 0.25) is 0 Å². The Morgan fingerprint density at radius 2 is 1.25 bits per heavy atom. The zero-order chi connectivity index (χ0) is 16.6. The number of fused-ring (bicyclic) bond motifs is 2. The van der Waals surface area contributed by atoms with Crippen molar-refractivity contribution in [1.82, 2.24) is 0 Å². The van der Waals surface area contributed by atoms with Crippen LogP contribution in [0.1, 0.15) is 49.1 Å². The molecule has 0 N–H and O–H groups in total. The summed E-state index contributed by atoms with van der Waals surface area (Å²) in [6.45, 7) is 0. The van der Waals surface area contributed by atoms with Crippen molar-refractivity contribution in [3.63, 3.8) is 0 Å². The average Bonchev–Trinajstić information content (AvgIpc) is 2.79. The summed E-state index contributed by atoms with van der Waals surface area (Å²) in [7, 11) is 4.93. The summed E-state index contributed by atoms with van der Waals surface area (Å²) in [6, 6.07) is 24.1. The van der Waals surface area contributed by atoms with Crippen LogP contribution in [0, 0.1) is 5.92 Å². The molecule has 2 bridgehead atoms. The number of hydrogen-bond acceptors (Lipinski definition) is 0. The van der Waals surface area contributed by atoms with Gasteiger partial charge in [0.2, 0.25) is 0 Å². The smallest absolute Gasteiger partial charge is 0.0893 e. The number of rotatable bonds is 4. The monoisotopic (exact) mass is 320 g/mol. The summed E-state index contributed by atoms with van der Waals surface area (Å²) in [4.78, 5) is 0. The van der Waals surface area contributed by atoms with E-state index in [1.165, 1.54) is 47.7 Å². The molecule has 2 aliphatic rings. The van der Waals surface area contributed by atoms with Gasteiger partial charge in [-0.05, 0) is 23.5 Å². The van der Waals surface area contributed by atoms with Crippen molar-refractivity contribution in [1.29, 1.82) is 0 Å². The highest BCUT2D eigenvalue weighted by Gasteiger charge is 2.48. The maximum Gasteiger partial charge on any atom is 0.0893 e. The molecule has 24 heavy (non-hydrogen) atoms. The van der Waals surface area contributed by atoms with Crippen molar-refractivity contribution < 1.29 is 4.48 Å². The average molecular weight is 321 g/mol. The zero-order valence-electron chi connectivity index (χ0n) is 15.1. The minimum absolute atomic E-state index is 0.547. The van der Waals surface area contributed by atoms with Crippen LogP contribution in [0.15, 0.2) is 60.7 Å². The number of nitrogens with zero attached hydrogens (tertiary/aromatic N) is 1. The summed E-state index contributed by atoms with van der Waals surface area (Å²) in [5, 5.41) is 0. The minimum atomic E-state index is 0.547. The van der Waals surface area contributed by atoms with Gasteiger partial charge in [0.25, 0.3) is 0 Å². The van der Waals surface area contributed by atoms with Gasteiger partial charge < -0.3 is 4.48 Å². The van der Waals surface area contributed by atoms with E-state index in [1.54, 1.807) is 0 Å². The highest BCUT2D eigenvalue weighted by atomic mass is 15.4. The predicted octanol–water partition coefficient (Wildman–Crippen LogP) is 5.23. The predicted molar refractivity (Wildman–Crippen MR) is 101 cm³/mol. The molecule has 2 aromatic carbocycles. The Morgan fingerprint density at radius 1 is 0.792 bits per heavy atom. The fourth-order valence-corrected chi connectivity index (χ4v) is 5.35. The van der Waals surface area contributed by atoms with Gasteiger partial charge in [-0.1, -0.05) is 60.7 Å². The third-order valence-corrected chi connectivity index (χ3v) is 6.90. The molecule has 3 atom stereocenters. The molecule has 126 valence electrons. The topological polar surface area (TPSA) is 0 Å². The van der Waals surface area contributed by atoms with E-state index in [0.29, 0.717) is 5.92 Å². The highest BCUT2D eigenvalue weighted by molar-refractivity contribution is 5.32. The van der Waals surface area contributed by atoms with Crippen molar-refractivity contribution in [2.45, 2.75) is 50.1 Å². The second-order valence-electron chi connectivity index (χ2n) is 8.46. The summed E-state index contributed by atoms with van der Waals surface area (Å²) < 4.78 is 1.28. The van der Waals surface area contributed by atoms with Crippen molar-refractivity contribution in [2.75, 3.05) is 14.1 Å². The molecule has 2 heterocycles. The van der Waals surface area contributed by atoms with Crippen LogP contribution >= 0.6 is 0 Å². The van der Waals surface area contributed by atoms with Crippen LogP contribution in [0.5, 0.6) is 0 Å². The van der Waals surface area contributed by atoms with Crippen LogP contribution < -0.4 is 0 Å². The van der Waals surface area contributed by atoms with Gasteiger partial charge in [-0.15, -0.1) is 0 Å². The van der Waals surface area contributed by atoms with E-state index in [2.05, 4.69) is 74.8 Å². The van der Waals surface area contributed by atoms with Gasteiger partial charge in [0.15, 0.2) is 0 Å². The van der Waals surface area contributed by atoms with Gasteiger partial charge >= 0.3 is 0 Å². The Hall–Kier alpha value is -1.60. The quantitative estimate of drug-likeness (QED) is 0.677. The van der Waals surface area contributed by atoms with Gasteiger partial charge in [0.1, 0.15) is 0 Å². The molecule has 0 aliphatic carbocycles. The van der Waals surface area contributed by atoms with Crippen LogP contribution in [-0.2, 0) is 0 Å². The Balaban J connectivity index is 1.58. The van der Waals surface area contributed by atoms with E-state index in [1.807, 2.05) is 0 Å². The van der Waals surface area contributed by atoms with Gasteiger partial charge in [-0.25, -0.2) is 0 Å². The van der Waals surface area contributed by atoms with Crippen molar-refractivity contribution in [3.05, 3.63) is 71.8 Å². The third kappa shape index (κ3) is 2.91. The van der Waals surface area contributed by atoms with Gasteiger partial charge in [0.05, 0.1) is 26.2 Å². The molecule has 1 unspecified atom stereocenters. The summed E-state index contributed by atoms with van der Waals surface area (Å²) in [5.41, 5.74) is 2.96. The van der Waals surface area contributed by atoms with Crippen LogP contribution in [0.4, 0.5) is 0 Å². The molecule has 0 aromatic heterocycles. The Labute approximate surface area is 146 Å². The first kappa shape index (κ1) is 15.9. The lowest BCUT2D eigenvalue weighted by atomic mass is 9.78. The molecular formula is C23H30N+. The lowest BCUT2D eigenvalue weighted by molar-refractivity contribution is -0.931. The van der Waals surface area contributed by atoms with Gasteiger partial charge in [-0.3, -0.25) is 0 Å². The second kappa shape index (κ2) is 6.37. The van der Waals surface area contributed by atoms with E-state index in [0.717, 1.165) is 18.0 Å². The summed E-state index contributed by atoms with van der Waals surface area (Å²) in [6.07, 6.45) is 7.02. The highest BCUT2D eigenvalue weighted by Crippen LogP contribution is 2.45. The van der Waals surface area contributed by atoms with E-state index >= 15 is 0 Å². The van der Waals surface area contributed by atoms with Crippen molar-refractivity contribution in [2.24, 2.45) is 5.92 Å². The van der Waals surface area contributed by atoms with Crippen molar-refractivity contribution >= 4 is 0 Å². The number of hydrogen-bond donors (Lipinski definition) is 0. The maximum atomic E-state index is 2.46. The largest absolute Gasteiger partial charge is 0.324 e. The van der Waals surface area contributed by atoms with E-state index in [9.17, 15) is 0 Å². The molecule has 0 radical (unpaired) electrons. The van der Waals surface area contributed by atoms with Crippen LogP contribution in [0.3, 0.4) is 0 Å². The standard InChI is InChI=1S/C23H30N/c1-24(2)21-13-14-22(24)16-18(15-21)17-23(19-9-5-3-6-10-19)20-11-7-4-8-12-20/h3-12,18,21-23H,13-17H2,1-2H3/q+1/t18?,21-,22+. The van der Waals surface area contributed by atoms with Gasteiger partial charge in [0, 0.05) is 31.6 Å². The molecule has 0 amide bonds. The number of piperidine rings is 1. The third-order valence-electron chi connectivity index (χ3n) is 6.90. The zero-order valence-corrected chi connectivity index (χ0v) is 15.1. The van der Waals surface area contributed by atoms with E-state index in [-0.39, 0.29) is 0 Å². The SMILES string of the molecule is C[N+]1(C)[C@@H]2CC[C@H]1CC(CC(c1ccccc1)c1ccccc1)C2. The molecule has 4 rings (SSSR count). The second-order valence-corrected chi connectivity index (χ2v) is 8.46. The summed E-state index contributed by atoms with van der Waals surface area (Å²) in [5.74, 6) is 1.42. The fourth-order valence-electron chi connectivity index (χ4n) is 5.35. The Bertz CT molecular complexity index is 605. The van der Waals surface area contributed by atoms with E-state index in [4.69, 9.17) is 0 Å². The van der Waals surface area contributed by atoms with Crippen LogP contribution in [-0.4, -0.2) is 30.7 Å². The Kier molecular flexibility index (Phi) is 4.22. The number of quaternary nitrogens is 1. The first-order chi connectivity index (χ1) is 11.6. The molecule has 1 nitrogen and oxygen atoms in total. The first-order valence-electron chi connectivity index (χ1n) is 9.58. The molecule has 0 spiro atoms. The van der Waals surface area contributed by atoms with E-state index < -0.39 is 0 Å². The molecule has 2 aliphatic heterocycles.